The van der Waals surface area contributed by atoms with Crippen LogP contribution in [0.3, 0.4) is 0 Å². The number of hydrogen-bond acceptors (Lipinski definition) is 4. The first-order chi connectivity index (χ1) is 9.63. The number of aryl methyl sites for hydroxylation is 2. The van der Waals surface area contributed by atoms with Gasteiger partial charge < -0.3 is 10.4 Å². The van der Waals surface area contributed by atoms with Crippen molar-refractivity contribution in [2.24, 2.45) is 0 Å². The maximum Gasteiger partial charge on any atom is 0.121 e. The highest BCUT2D eigenvalue weighted by Crippen LogP contribution is 2.24. The van der Waals surface area contributed by atoms with Gasteiger partial charge in [-0.3, -0.25) is 9.80 Å². The van der Waals surface area contributed by atoms with Gasteiger partial charge in [-0.05, 0) is 30.5 Å². The lowest BCUT2D eigenvalue weighted by atomic mass is 10.0. The van der Waals surface area contributed by atoms with Gasteiger partial charge in [0.25, 0.3) is 0 Å². The minimum absolute atomic E-state index is 0.441. The van der Waals surface area contributed by atoms with E-state index in [1.54, 1.807) is 0 Å². The van der Waals surface area contributed by atoms with Crippen LogP contribution in [0.1, 0.15) is 16.7 Å². The largest absolute Gasteiger partial charge is 0.507 e. The molecular weight excluding hydrogens is 250 g/mol. The van der Waals surface area contributed by atoms with Crippen LogP contribution in [0.25, 0.3) is 0 Å². The second-order valence-corrected chi connectivity index (χ2v) is 6.20. The summed E-state index contributed by atoms with van der Waals surface area (Å²) in [5.74, 6) is 0.441. The molecule has 4 nitrogen and oxygen atoms in total. The van der Waals surface area contributed by atoms with Crippen molar-refractivity contribution in [3.8, 4) is 5.75 Å². The molecule has 2 saturated heterocycles. The molecule has 3 rings (SSSR count). The molecule has 2 aliphatic rings. The number of nitrogens with zero attached hydrogens (tertiary/aromatic N) is 2. The maximum absolute atomic E-state index is 9.84. The normalized spacial score (nSPS) is 21.9. The summed E-state index contributed by atoms with van der Waals surface area (Å²) >= 11 is 0. The van der Waals surface area contributed by atoms with Crippen LogP contribution >= 0.6 is 0 Å². The van der Waals surface area contributed by atoms with E-state index in [0.29, 0.717) is 5.75 Å². The van der Waals surface area contributed by atoms with Gasteiger partial charge in [-0.15, -0.1) is 0 Å². The molecule has 0 radical (unpaired) electrons. The zero-order chi connectivity index (χ0) is 14.1. The molecule has 1 aromatic carbocycles. The molecule has 110 valence electrons. The van der Waals surface area contributed by atoms with E-state index in [1.807, 2.05) is 13.8 Å². The summed E-state index contributed by atoms with van der Waals surface area (Å²) in [6.45, 7) is 11.9. The predicted molar refractivity (Wildman–Crippen MR) is 81.1 cm³/mol. The summed E-state index contributed by atoms with van der Waals surface area (Å²) in [7, 11) is 0. The van der Waals surface area contributed by atoms with Gasteiger partial charge in [0.15, 0.2) is 0 Å². The molecule has 4 heteroatoms. The highest BCUT2D eigenvalue weighted by atomic mass is 16.3. The number of benzene rings is 1. The van der Waals surface area contributed by atoms with Gasteiger partial charge in [-0.2, -0.15) is 0 Å². The number of phenolic OH excluding ortho intramolecular Hbond substituents is 1. The number of rotatable bonds is 3. The summed E-state index contributed by atoms with van der Waals surface area (Å²) < 4.78 is 0. The molecule has 2 heterocycles. The third-order valence-corrected chi connectivity index (χ3v) is 4.64. The Morgan fingerprint density at radius 2 is 1.70 bits per heavy atom. The molecule has 0 aromatic heterocycles. The van der Waals surface area contributed by atoms with Gasteiger partial charge in [0, 0.05) is 51.9 Å². The lowest BCUT2D eigenvalue weighted by molar-refractivity contribution is 0.0695. The number of nitrogens with one attached hydrogen (secondary N) is 1. The van der Waals surface area contributed by atoms with Crippen molar-refractivity contribution in [2.45, 2.75) is 26.4 Å². The monoisotopic (exact) mass is 275 g/mol. The van der Waals surface area contributed by atoms with Gasteiger partial charge in [0.1, 0.15) is 5.75 Å². The first-order valence-electron chi connectivity index (χ1n) is 7.59. The smallest absolute Gasteiger partial charge is 0.121 e. The van der Waals surface area contributed by atoms with Gasteiger partial charge in [-0.25, -0.2) is 0 Å². The molecule has 2 N–H and O–H groups in total. The van der Waals surface area contributed by atoms with Crippen LogP contribution in [0.5, 0.6) is 5.75 Å². The van der Waals surface area contributed by atoms with E-state index in [-0.39, 0.29) is 0 Å². The summed E-state index contributed by atoms with van der Waals surface area (Å²) in [4.78, 5) is 5.13. The number of aromatic hydroxyl groups is 1. The van der Waals surface area contributed by atoms with E-state index < -0.39 is 0 Å². The Kier molecular flexibility index (Phi) is 3.96. The van der Waals surface area contributed by atoms with E-state index >= 15 is 0 Å². The zero-order valence-electron chi connectivity index (χ0n) is 12.5. The topological polar surface area (TPSA) is 38.7 Å². The van der Waals surface area contributed by atoms with Crippen molar-refractivity contribution in [2.75, 3.05) is 39.3 Å². The first kappa shape index (κ1) is 13.9. The predicted octanol–water partition coefficient (Wildman–Crippen LogP) is 1.10. The summed E-state index contributed by atoms with van der Waals surface area (Å²) in [5, 5.41) is 13.2. The fourth-order valence-corrected chi connectivity index (χ4v) is 3.21. The molecule has 2 fully saturated rings. The van der Waals surface area contributed by atoms with Crippen LogP contribution in [-0.4, -0.2) is 60.2 Å². The van der Waals surface area contributed by atoms with E-state index in [1.165, 1.54) is 18.7 Å². The fourth-order valence-electron chi connectivity index (χ4n) is 3.21. The van der Waals surface area contributed by atoms with E-state index in [4.69, 9.17) is 0 Å². The molecule has 0 aliphatic carbocycles. The number of hydrogen-bond donors (Lipinski definition) is 2. The maximum atomic E-state index is 9.84. The van der Waals surface area contributed by atoms with Crippen molar-refractivity contribution in [3.63, 3.8) is 0 Å². The summed E-state index contributed by atoms with van der Waals surface area (Å²) in [5.41, 5.74) is 3.29. The minimum Gasteiger partial charge on any atom is -0.507 e. The van der Waals surface area contributed by atoms with Crippen LogP contribution in [-0.2, 0) is 6.54 Å². The fraction of sp³-hybridized carbons (Fsp3) is 0.625. The van der Waals surface area contributed by atoms with Crippen LogP contribution < -0.4 is 5.32 Å². The molecule has 0 saturated carbocycles. The standard InChI is InChI=1S/C16H25N3O/c1-12-7-14(8-13(2)16(12)20)11-18-3-5-19(6-4-18)15-9-17-10-15/h7-8,15,17,20H,3-6,9-11H2,1-2H3. The Labute approximate surface area is 121 Å². The van der Waals surface area contributed by atoms with Crippen LogP contribution in [0.15, 0.2) is 12.1 Å². The molecule has 0 unspecified atom stereocenters. The molecule has 0 atom stereocenters. The quantitative estimate of drug-likeness (QED) is 0.866. The molecule has 2 aliphatic heterocycles. The average molecular weight is 275 g/mol. The van der Waals surface area contributed by atoms with Gasteiger partial charge in [0.05, 0.1) is 0 Å². The van der Waals surface area contributed by atoms with E-state index in [2.05, 4.69) is 27.2 Å². The van der Waals surface area contributed by atoms with E-state index in [0.717, 1.165) is 49.9 Å². The van der Waals surface area contributed by atoms with Crippen molar-refractivity contribution < 1.29 is 5.11 Å². The molecule has 0 bridgehead atoms. The van der Waals surface area contributed by atoms with Crippen molar-refractivity contribution >= 4 is 0 Å². The van der Waals surface area contributed by atoms with Gasteiger partial charge >= 0.3 is 0 Å². The summed E-state index contributed by atoms with van der Waals surface area (Å²) in [6.07, 6.45) is 0. The van der Waals surface area contributed by atoms with Crippen LogP contribution in [0.2, 0.25) is 0 Å². The third kappa shape index (κ3) is 2.82. The van der Waals surface area contributed by atoms with Gasteiger partial charge in [-0.1, -0.05) is 12.1 Å². The second-order valence-electron chi connectivity index (χ2n) is 6.20. The van der Waals surface area contributed by atoms with Crippen molar-refractivity contribution in [3.05, 3.63) is 28.8 Å². The lowest BCUT2D eigenvalue weighted by Gasteiger charge is -2.43. The van der Waals surface area contributed by atoms with Gasteiger partial charge in [0.2, 0.25) is 0 Å². The average Bonchev–Trinajstić information content (AvgIpc) is 2.36. The number of phenols is 1. The molecule has 0 amide bonds. The highest BCUT2D eigenvalue weighted by Gasteiger charge is 2.27. The van der Waals surface area contributed by atoms with Crippen LogP contribution in [0.4, 0.5) is 0 Å². The van der Waals surface area contributed by atoms with Crippen LogP contribution in [0, 0.1) is 13.8 Å². The third-order valence-electron chi connectivity index (χ3n) is 4.64. The highest BCUT2D eigenvalue weighted by molar-refractivity contribution is 5.42. The van der Waals surface area contributed by atoms with E-state index in [9.17, 15) is 5.11 Å². The minimum atomic E-state index is 0.441. The Balaban J connectivity index is 1.56. The van der Waals surface area contributed by atoms with Crippen molar-refractivity contribution in [1.29, 1.82) is 0 Å². The number of piperazine rings is 1. The SMILES string of the molecule is Cc1cc(CN2CCN(C3CNC3)CC2)cc(C)c1O. The first-order valence-corrected chi connectivity index (χ1v) is 7.59. The lowest BCUT2D eigenvalue weighted by Crippen LogP contribution is -2.61. The Morgan fingerprint density at radius 1 is 1.10 bits per heavy atom. The molecule has 0 spiro atoms. The molecule has 20 heavy (non-hydrogen) atoms. The zero-order valence-corrected chi connectivity index (χ0v) is 12.5. The Bertz CT molecular complexity index is 454. The molecule has 1 aromatic rings. The Hall–Kier alpha value is -1.10. The summed E-state index contributed by atoms with van der Waals surface area (Å²) in [6, 6.07) is 5.00. The van der Waals surface area contributed by atoms with Crippen molar-refractivity contribution in [1.82, 2.24) is 15.1 Å². The Morgan fingerprint density at radius 3 is 2.20 bits per heavy atom. The molecular formula is C16H25N3O. The second kappa shape index (κ2) is 5.72.